The molecule has 3 rings (SSSR count). The van der Waals surface area contributed by atoms with Crippen molar-refractivity contribution in [2.75, 3.05) is 31.2 Å². The first kappa shape index (κ1) is 13.0. The van der Waals surface area contributed by atoms with Gasteiger partial charge < -0.3 is 14.4 Å². The summed E-state index contributed by atoms with van der Waals surface area (Å²) in [6.07, 6.45) is 1.67. The van der Waals surface area contributed by atoms with Crippen molar-refractivity contribution in [1.82, 2.24) is 10.2 Å². The number of rotatable bonds is 4. The molecule has 0 fully saturated rings. The number of ether oxygens (including phenoxy) is 2. The molecular weight excluding hydrogens is 278 g/mol. The van der Waals surface area contributed by atoms with E-state index in [4.69, 9.17) is 21.1 Å². The second-order valence-corrected chi connectivity index (χ2v) is 4.70. The van der Waals surface area contributed by atoms with E-state index in [9.17, 15) is 0 Å². The van der Waals surface area contributed by atoms with Crippen LogP contribution in [0.1, 0.15) is 0 Å². The molecule has 2 heterocycles. The summed E-state index contributed by atoms with van der Waals surface area (Å²) in [5.74, 6) is 1.47. The lowest BCUT2D eigenvalue weighted by Gasteiger charge is -2.30. The maximum absolute atomic E-state index is 5.98. The van der Waals surface area contributed by atoms with Crippen molar-refractivity contribution in [3.63, 3.8) is 0 Å². The summed E-state index contributed by atoms with van der Waals surface area (Å²) in [6, 6.07) is 9.75. The highest BCUT2D eigenvalue weighted by Gasteiger charge is 2.21. The van der Waals surface area contributed by atoms with Crippen molar-refractivity contribution >= 4 is 17.3 Å². The Labute approximate surface area is 122 Å². The summed E-state index contributed by atoms with van der Waals surface area (Å²) in [5, 5.41) is 7.96. The van der Waals surface area contributed by atoms with Gasteiger partial charge in [0.05, 0.1) is 19.3 Å². The van der Waals surface area contributed by atoms with Crippen LogP contribution in [-0.4, -0.2) is 36.5 Å². The third-order valence-corrected chi connectivity index (χ3v) is 3.31. The Morgan fingerprint density at radius 2 is 2.15 bits per heavy atom. The summed E-state index contributed by atoms with van der Waals surface area (Å²) in [7, 11) is 0. The van der Waals surface area contributed by atoms with Gasteiger partial charge in [-0.1, -0.05) is 29.8 Å². The first-order valence-electron chi connectivity index (χ1n) is 6.41. The minimum absolute atomic E-state index is 0.302. The van der Waals surface area contributed by atoms with Crippen molar-refractivity contribution in [3.05, 3.63) is 41.7 Å². The Bertz CT molecular complexity index is 580. The van der Waals surface area contributed by atoms with Crippen molar-refractivity contribution < 1.29 is 9.47 Å². The maximum Gasteiger partial charge on any atom is 0.195 e. The highest BCUT2D eigenvalue weighted by Crippen LogP contribution is 2.35. The third kappa shape index (κ3) is 2.77. The van der Waals surface area contributed by atoms with Crippen molar-refractivity contribution in [2.24, 2.45) is 0 Å². The molecule has 0 atom stereocenters. The van der Waals surface area contributed by atoms with Crippen LogP contribution in [0.4, 0.5) is 5.69 Å². The molecule has 0 aliphatic carbocycles. The van der Waals surface area contributed by atoms with Crippen LogP contribution >= 0.6 is 11.6 Å². The zero-order valence-corrected chi connectivity index (χ0v) is 11.6. The van der Waals surface area contributed by atoms with Gasteiger partial charge in [-0.2, -0.15) is 5.10 Å². The maximum atomic E-state index is 5.98. The second kappa shape index (κ2) is 5.96. The fourth-order valence-electron chi connectivity index (χ4n) is 2.10. The average molecular weight is 292 g/mol. The molecule has 0 unspecified atom stereocenters. The van der Waals surface area contributed by atoms with Gasteiger partial charge in [-0.25, -0.2) is 0 Å². The molecule has 0 spiro atoms. The molecule has 104 valence electrons. The lowest BCUT2D eigenvalue weighted by atomic mass is 10.3. The van der Waals surface area contributed by atoms with Gasteiger partial charge in [0.2, 0.25) is 0 Å². The number of hydrogen-bond acceptors (Lipinski definition) is 5. The Balaban J connectivity index is 1.64. The van der Waals surface area contributed by atoms with Gasteiger partial charge in [0, 0.05) is 0 Å². The Morgan fingerprint density at radius 3 is 3.00 bits per heavy atom. The summed E-state index contributed by atoms with van der Waals surface area (Å²) in [6.45, 7) is 2.70. The number of aromatic nitrogens is 2. The first-order valence-corrected chi connectivity index (χ1v) is 6.79. The van der Waals surface area contributed by atoms with Crippen LogP contribution in [0.25, 0.3) is 0 Å². The van der Waals surface area contributed by atoms with E-state index in [1.165, 1.54) is 0 Å². The van der Waals surface area contributed by atoms with E-state index >= 15 is 0 Å². The van der Waals surface area contributed by atoms with Crippen molar-refractivity contribution in [2.45, 2.75) is 0 Å². The van der Waals surface area contributed by atoms with Crippen LogP contribution in [0.5, 0.6) is 11.5 Å². The van der Waals surface area contributed by atoms with Gasteiger partial charge in [-0.05, 0) is 12.1 Å². The van der Waals surface area contributed by atoms with Crippen LogP contribution in [-0.2, 0) is 0 Å². The van der Waals surface area contributed by atoms with E-state index in [0.717, 1.165) is 24.5 Å². The predicted molar refractivity (Wildman–Crippen MR) is 76.7 cm³/mol. The number of para-hydroxylation sites is 1. The van der Waals surface area contributed by atoms with Gasteiger partial charge >= 0.3 is 0 Å². The molecule has 1 aliphatic heterocycles. The number of halogens is 1. The van der Waals surface area contributed by atoms with Gasteiger partial charge in [0.25, 0.3) is 0 Å². The highest BCUT2D eigenvalue weighted by atomic mass is 35.5. The number of fused-ring (bicyclic) bond motifs is 1. The van der Waals surface area contributed by atoms with Gasteiger partial charge in [0.1, 0.15) is 24.7 Å². The molecule has 1 aliphatic rings. The number of anilines is 1. The molecule has 1 aromatic carbocycles. The molecule has 0 radical (unpaired) electrons. The van der Waals surface area contributed by atoms with Gasteiger partial charge in [-0.15, -0.1) is 5.10 Å². The summed E-state index contributed by atoms with van der Waals surface area (Å²) < 4.78 is 11.2. The second-order valence-electron chi connectivity index (χ2n) is 4.35. The largest absolute Gasteiger partial charge is 0.492 e. The third-order valence-electron chi connectivity index (χ3n) is 3.07. The fraction of sp³-hybridized carbons (Fsp3) is 0.286. The topological polar surface area (TPSA) is 47.5 Å². The number of hydrogen-bond donors (Lipinski definition) is 0. The Morgan fingerprint density at radius 1 is 1.30 bits per heavy atom. The number of nitrogens with zero attached hydrogens (tertiary/aromatic N) is 3. The summed E-state index contributed by atoms with van der Waals surface area (Å²) in [4.78, 5) is 2.14. The summed E-state index contributed by atoms with van der Waals surface area (Å²) >= 11 is 5.98. The molecule has 2 aromatic rings. The smallest absolute Gasteiger partial charge is 0.195 e. The van der Waals surface area contributed by atoms with E-state index < -0.39 is 0 Å². The van der Waals surface area contributed by atoms with Crippen LogP contribution in [0.2, 0.25) is 5.15 Å². The molecule has 0 saturated carbocycles. The molecule has 5 nitrogen and oxygen atoms in total. The van der Waals surface area contributed by atoms with E-state index in [1.807, 2.05) is 30.3 Å². The molecule has 6 heteroatoms. The molecule has 0 N–H and O–H groups in total. The molecule has 20 heavy (non-hydrogen) atoms. The number of benzene rings is 1. The zero-order chi connectivity index (χ0) is 13.8. The highest BCUT2D eigenvalue weighted by molar-refractivity contribution is 6.31. The van der Waals surface area contributed by atoms with Gasteiger partial charge in [-0.3, -0.25) is 0 Å². The summed E-state index contributed by atoms with van der Waals surface area (Å²) in [5.41, 5.74) is 0.868. The van der Waals surface area contributed by atoms with Crippen LogP contribution < -0.4 is 14.4 Å². The SMILES string of the molecule is Clc1nncc2c1OCCN2CCOc1ccccc1. The first-order chi connectivity index (χ1) is 9.84. The standard InChI is InChI=1S/C14H14ClN3O2/c15-14-13-12(10-16-17-14)18(7-9-20-13)6-8-19-11-4-2-1-3-5-11/h1-5,10H,6-9H2. The lowest BCUT2D eigenvalue weighted by molar-refractivity contribution is 0.287. The fourth-order valence-corrected chi connectivity index (χ4v) is 2.30. The Kier molecular flexibility index (Phi) is 3.87. The van der Waals surface area contributed by atoms with Crippen molar-refractivity contribution in [3.8, 4) is 11.5 Å². The van der Waals surface area contributed by atoms with Crippen LogP contribution in [0.3, 0.4) is 0 Å². The quantitative estimate of drug-likeness (QED) is 0.866. The van der Waals surface area contributed by atoms with Crippen molar-refractivity contribution in [1.29, 1.82) is 0 Å². The van der Waals surface area contributed by atoms with Crippen LogP contribution in [0.15, 0.2) is 36.5 Å². The van der Waals surface area contributed by atoms with E-state index in [0.29, 0.717) is 24.1 Å². The van der Waals surface area contributed by atoms with E-state index in [-0.39, 0.29) is 0 Å². The average Bonchev–Trinajstić information content (AvgIpc) is 2.49. The normalized spacial score (nSPS) is 13.6. The monoisotopic (exact) mass is 291 g/mol. The molecular formula is C14H14ClN3O2. The molecule has 1 aromatic heterocycles. The molecule has 0 saturated heterocycles. The minimum atomic E-state index is 0.302. The molecule has 0 amide bonds. The van der Waals surface area contributed by atoms with E-state index in [1.54, 1.807) is 6.20 Å². The Hall–Kier alpha value is -2.01. The lowest BCUT2D eigenvalue weighted by Crippen LogP contribution is -2.36. The predicted octanol–water partition coefficient (Wildman–Crippen LogP) is 2.41. The van der Waals surface area contributed by atoms with Crippen LogP contribution in [0, 0.1) is 0 Å². The van der Waals surface area contributed by atoms with Gasteiger partial charge in [0.15, 0.2) is 10.9 Å². The molecule has 0 bridgehead atoms. The minimum Gasteiger partial charge on any atom is -0.492 e. The van der Waals surface area contributed by atoms with E-state index in [2.05, 4.69) is 15.1 Å². The zero-order valence-electron chi connectivity index (χ0n) is 10.8.